The molecule has 1 aromatic rings. The van der Waals surface area contributed by atoms with E-state index in [9.17, 15) is 8.42 Å². The van der Waals surface area contributed by atoms with Crippen LogP contribution in [0, 0.1) is 0 Å². The van der Waals surface area contributed by atoms with Crippen LogP contribution in [0.1, 0.15) is 19.4 Å². The molecule has 0 saturated heterocycles. The van der Waals surface area contributed by atoms with Crippen LogP contribution in [0.2, 0.25) is 0 Å². The van der Waals surface area contributed by atoms with Gasteiger partial charge in [-0.25, -0.2) is 12.7 Å². The van der Waals surface area contributed by atoms with E-state index in [0.717, 1.165) is 11.3 Å². The Morgan fingerprint density at radius 2 is 1.95 bits per heavy atom. The van der Waals surface area contributed by atoms with Crippen molar-refractivity contribution in [3.63, 3.8) is 0 Å². The number of benzene rings is 1. The molecule has 0 heterocycles. The van der Waals surface area contributed by atoms with Gasteiger partial charge in [0.05, 0.1) is 4.90 Å². The molecule has 1 rings (SSSR count). The smallest absolute Gasteiger partial charge is 0.243 e. The zero-order valence-electron chi connectivity index (χ0n) is 12.6. The van der Waals surface area contributed by atoms with E-state index in [0.29, 0.717) is 24.0 Å². The van der Waals surface area contributed by atoms with E-state index in [1.54, 1.807) is 30.9 Å². The Morgan fingerprint density at radius 3 is 2.55 bits per heavy atom. The number of hydrogen-bond donors (Lipinski definition) is 1. The van der Waals surface area contributed by atoms with Crippen LogP contribution in [-0.2, 0) is 16.6 Å². The number of rotatable bonds is 8. The van der Waals surface area contributed by atoms with Gasteiger partial charge in [0.1, 0.15) is 0 Å². The molecule has 0 aliphatic carbocycles. The Hall–Kier alpha value is -0.560. The van der Waals surface area contributed by atoms with Crippen LogP contribution in [0.25, 0.3) is 0 Å². The fraction of sp³-hybridized carbons (Fsp3) is 0.571. The molecule has 0 atom stereocenters. The van der Waals surface area contributed by atoms with Gasteiger partial charge in [0.25, 0.3) is 0 Å². The molecule has 114 valence electrons. The molecule has 0 fully saturated rings. The molecule has 0 aliphatic heterocycles. The van der Waals surface area contributed by atoms with Gasteiger partial charge in [-0.2, -0.15) is 11.8 Å². The Labute approximate surface area is 127 Å². The van der Waals surface area contributed by atoms with E-state index < -0.39 is 10.0 Å². The summed E-state index contributed by atoms with van der Waals surface area (Å²) in [6.45, 7) is 5.17. The van der Waals surface area contributed by atoms with Gasteiger partial charge in [-0.15, -0.1) is 0 Å². The van der Waals surface area contributed by atoms with Gasteiger partial charge in [0.2, 0.25) is 10.0 Å². The molecule has 0 saturated carbocycles. The Kier molecular flexibility index (Phi) is 7.02. The van der Waals surface area contributed by atoms with E-state index in [1.807, 2.05) is 32.2 Å². The second kappa shape index (κ2) is 8.02. The molecule has 1 aromatic carbocycles. The van der Waals surface area contributed by atoms with Gasteiger partial charge >= 0.3 is 0 Å². The molecule has 0 bridgehead atoms. The van der Waals surface area contributed by atoms with E-state index in [1.165, 1.54) is 4.31 Å². The first-order valence-corrected chi connectivity index (χ1v) is 9.49. The summed E-state index contributed by atoms with van der Waals surface area (Å²) in [7, 11) is -1.77. The van der Waals surface area contributed by atoms with Crippen LogP contribution in [0.3, 0.4) is 0 Å². The minimum atomic E-state index is -3.41. The van der Waals surface area contributed by atoms with Gasteiger partial charge in [0, 0.05) is 31.9 Å². The maximum absolute atomic E-state index is 12.6. The topological polar surface area (TPSA) is 49.4 Å². The fourth-order valence-electron chi connectivity index (χ4n) is 1.72. The fourth-order valence-corrected chi connectivity index (χ4v) is 3.69. The van der Waals surface area contributed by atoms with Crippen LogP contribution < -0.4 is 5.32 Å². The first-order valence-electron chi connectivity index (χ1n) is 6.66. The zero-order valence-corrected chi connectivity index (χ0v) is 14.2. The molecule has 0 radical (unpaired) electrons. The lowest BCUT2D eigenvalue weighted by molar-refractivity contribution is 0.486. The van der Waals surface area contributed by atoms with Crippen molar-refractivity contribution >= 4 is 21.8 Å². The van der Waals surface area contributed by atoms with Crippen molar-refractivity contribution in [3.05, 3.63) is 29.8 Å². The molecule has 0 aromatic heterocycles. The normalized spacial score (nSPS) is 12.3. The highest BCUT2D eigenvalue weighted by molar-refractivity contribution is 7.98. The maximum Gasteiger partial charge on any atom is 0.243 e. The third-order valence-corrected chi connectivity index (χ3v) is 5.52. The lowest BCUT2D eigenvalue weighted by atomic mass is 10.2. The number of nitrogens with zero attached hydrogens (tertiary/aromatic N) is 1. The van der Waals surface area contributed by atoms with Crippen LogP contribution >= 0.6 is 11.8 Å². The first-order chi connectivity index (χ1) is 9.39. The van der Waals surface area contributed by atoms with Crippen LogP contribution in [0.4, 0.5) is 0 Å². The summed E-state index contributed by atoms with van der Waals surface area (Å²) in [5, 5.41) is 3.27. The van der Waals surface area contributed by atoms with E-state index in [-0.39, 0.29) is 0 Å². The van der Waals surface area contributed by atoms with E-state index in [4.69, 9.17) is 0 Å². The Balaban J connectivity index is 2.99. The average Bonchev–Trinajstić information content (AvgIpc) is 2.42. The Morgan fingerprint density at radius 1 is 1.30 bits per heavy atom. The van der Waals surface area contributed by atoms with Gasteiger partial charge in [-0.05, 0) is 17.9 Å². The molecule has 0 unspecified atom stereocenters. The molecule has 1 N–H and O–H groups in total. The number of sulfonamides is 1. The van der Waals surface area contributed by atoms with Crippen molar-refractivity contribution in [3.8, 4) is 0 Å². The molecule has 0 amide bonds. The highest BCUT2D eigenvalue weighted by Gasteiger charge is 2.23. The second-order valence-corrected chi connectivity index (χ2v) is 7.96. The molecule has 4 nitrogen and oxygen atoms in total. The minimum Gasteiger partial charge on any atom is -0.310 e. The summed E-state index contributed by atoms with van der Waals surface area (Å²) in [5.41, 5.74) is 0.817. The molecule has 0 spiro atoms. The van der Waals surface area contributed by atoms with Crippen molar-refractivity contribution in [1.82, 2.24) is 9.62 Å². The van der Waals surface area contributed by atoms with Crippen LogP contribution in [0.5, 0.6) is 0 Å². The van der Waals surface area contributed by atoms with Gasteiger partial charge < -0.3 is 5.32 Å². The van der Waals surface area contributed by atoms with Crippen molar-refractivity contribution < 1.29 is 8.42 Å². The second-order valence-electron chi connectivity index (χ2n) is 4.96. The largest absolute Gasteiger partial charge is 0.310 e. The molecular weight excluding hydrogens is 292 g/mol. The Bertz CT molecular complexity index is 516. The molecule has 0 aliphatic rings. The van der Waals surface area contributed by atoms with Crippen molar-refractivity contribution in [2.75, 3.05) is 25.6 Å². The SMILES string of the molecule is CSCCN(C)S(=O)(=O)c1ccccc1CNC(C)C. The summed E-state index contributed by atoms with van der Waals surface area (Å²) in [6.07, 6.45) is 1.97. The highest BCUT2D eigenvalue weighted by Crippen LogP contribution is 2.19. The lowest BCUT2D eigenvalue weighted by Gasteiger charge is -2.19. The minimum absolute atomic E-state index is 0.319. The molecule has 20 heavy (non-hydrogen) atoms. The number of hydrogen-bond acceptors (Lipinski definition) is 4. The number of nitrogens with one attached hydrogen (secondary N) is 1. The zero-order chi connectivity index (χ0) is 15.2. The summed E-state index contributed by atoms with van der Waals surface area (Å²) >= 11 is 1.64. The average molecular weight is 316 g/mol. The molecular formula is C14H24N2O2S2. The molecule has 6 heteroatoms. The van der Waals surface area contributed by atoms with Crippen LogP contribution in [-0.4, -0.2) is 44.4 Å². The summed E-state index contributed by atoms with van der Waals surface area (Å²) in [6, 6.07) is 7.51. The van der Waals surface area contributed by atoms with Crippen molar-refractivity contribution in [2.45, 2.75) is 31.3 Å². The maximum atomic E-state index is 12.6. The van der Waals surface area contributed by atoms with Gasteiger partial charge in [0.15, 0.2) is 0 Å². The van der Waals surface area contributed by atoms with E-state index >= 15 is 0 Å². The summed E-state index contributed by atoms with van der Waals surface area (Å²) in [5.74, 6) is 0.794. The predicted molar refractivity (Wildman–Crippen MR) is 86.6 cm³/mol. The quantitative estimate of drug-likeness (QED) is 0.798. The third kappa shape index (κ3) is 4.77. The van der Waals surface area contributed by atoms with Gasteiger partial charge in [-0.3, -0.25) is 0 Å². The van der Waals surface area contributed by atoms with Crippen LogP contribution in [0.15, 0.2) is 29.2 Å². The van der Waals surface area contributed by atoms with Gasteiger partial charge in [-0.1, -0.05) is 32.0 Å². The first kappa shape index (κ1) is 17.5. The standard InChI is InChI=1S/C14H24N2O2S2/c1-12(2)15-11-13-7-5-6-8-14(13)20(17,18)16(3)9-10-19-4/h5-8,12,15H,9-11H2,1-4H3. The lowest BCUT2D eigenvalue weighted by Crippen LogP contribution is -2.31. The summed E-state index contributed by atoms with van der Waals surface area (Å²) < 4.78 is 26.6. The predicted octanol–water partition coefficient (Wildman–Crippen LogP) is 2.17. The summed E-state index contributed by atoms with van der Waals surface area (Å²) in [4.78, 5) is 0.400. The number of thioether (sulfide) groups is 1. The van der Waals surface area contributed by atoms with E-state index in [2.05, 4.69) is 5.32 Å². The third-order valence-electron chi connectivity index (χ3n) is 2.97. The monoisotopic (exact) mass is 316 g/mol. The highest BCUT2D eigenvalue weighted by atomic mass is 32.2. The van der Waals surface area contributed by atoms with Crippen molar-refractivity contribution in [2.24, 2.45) is 0 Å². The van der Waals surface area contributed by atoms with Crippen molar-refractivity contribution in [1.29, 1.82) is 0 Å².